The molecule has 6 nitrogen and oxygen atoms in total. The van der Waals surface area contributed by atoms with Gasteiger partial charge in [-0.1, -0.05) is 29.8 Å². The van der Waals surface area contributed by atoms with Crippen molar-refractivity contribution < 1.29 is 14.3 Å². The van der Waals surface area contributed by atoms with Crippen molar-refractivity contribution in [3.05, 3.63) is 76.8 Å². The van der Waals surface area contributed by atoms with Crippen molar-refractivity contribution in [2.75, 3.05) is 13.7 Å². The van der Waals surface area contributed by atoms with Crippen LogP contribution >= 0.6 is 11.8 Å². The first-order valence-corrected chi connectivity index (χ1v) is 10.4. The smallest absolute Gasteiger partial charge is 0.331 e. The van der Waals surface area contributed by atoms with E-state index >= 15 is 0 Å². The molecule has 0 unspecified atom stereocenters. The fraction of sp³-hybridized carbons (Fsp3) is 0.174. The fourth-order valence-electron chi connectivity index (χ4n) is 3.30. The topological polar surface area (TPSA) is 74.8 Å². The number of nitrogens with zero attached hydrogens (tertiary/aromatic N) is 2. The molecule has 0 bridgehead atoms. The summed E-state index contributed by atoms with van der Waals surface area (Å²) < 4.78 is 4.68. The van der Waals surface area contributed by atoms with Crippen molar-refractivity contribution in [1.82, 2.24) is 9.88 Å². The van der Waals surface area contributed by atoms with Gasteiger partial charge in [-0.2, -0.15) is 0 Å². The maximum absolute atomic E-state index is 13.0. The third-order valence-electron chi connectivity index (χ3n) is 4.85. The molecule has 0 saturated carbocycles. The molecule has 1 saturated heterocycles. The number of aliphatic imine (C=N–C) groups is 1. The molecule has 0 radical (unpaired) electrons. The van der Waals surface area contributed by atoms with Crippen LogP contribution in [0.4, 0.5) is 5.69 Å². The lowest BCUT2D eigenvalue weighted by Gasteiger charge is -2.15. The number of amides is 1. The van der Waals surface area contributed by atoms with Gasteiger partial charge in [0.1, 0.15) is 0 Å². The van der Waals surface area contributed by atoms with Crippen molar-refractivity contribution in [2.45, 2.75) is 13.3 Å². The minimum absolute atomic E-state index is 0.240. The average molecular weight is 420 g/mol. The Labute approximate surface area is 178 Å². The molecular weight excluding hydrogens is 398 g/mol. The second-order valence-electron chi connectivity index (χ2n) is 6.93. The summed E-state index contributed by atoms with van der Waals surface area (Å²) in [5.74, 6) is -0.796. The number of H-pyrrole nitrogens is 1. The highest BCUT2D eigenvalue weighted by molar-refractivity contribution is 8.18. The van der Waals surface area contributed by atoms with Gasteiger partial charge in [-0.15, -0.1) is 0 Å². The second kappa shape index (κ2) is 8.59. The predicted octanol–water partition coefficient (Wildman–Crippen LogP) is 4.34. The largest absolute Gasteiger partial charge is 0.466 e. The SMILES string of the molecule is COC(=O)C=C1SC(=Nc2ccccc2)N(CCc2c[nH]c3ccc(C)cc23)C1=O. The van der Waals surface area contributed by atoms with Gasteiger partial charge in [-0.25, -0.2) is 9.79 Å². The van der Waals surface area contributed by atoms with Crippen LogP contribution < -0.4 is 0 Å². The number of fused-ring (bicyclic) bond motifs is 1. The summed E-state index contributed by atoms with van der Waals surface area (Å²) in [6, 6.07) is 15.7. The highest BCUT2D eigenvalue weighted by atomic mass is 32.2. The molecule has 7 heteroatoms. The number of para-hydroxylation sites is 1. The first kappa shape index (κ1) is 20.0. The lowest BCUT2D eigenvalue weighted by molar-refractivity contribution is -0.135. The summed E-state index contributed by atoms with van der Waals surface area (Å²) in [7, 11) is 1.29. The number of aryl methyl sites for hydroxylation is 1. The van der Waals surface area contributed by atoms with E-state index in [0.717, 1.165) is 22.2 Å². The molecule has 2 heterocycles. The Balaban J connectivity index is 1.62. The third-order valence-corrected chi connectivity index (χ3v) is 5.85. The summed E-state index contributed by atoms with van der Waals surface area (Å²) in [5, 5.41) is 1.71. The normalized spacial score (nSPS) is 16.7. The Bertz CT molecular complexity index is 1160. The van der Waals surface area contributed by atoms with Crippen LogP contribution in [0.1, 0.15) is 11.1 Å². The number of amidine groups is 1. The van der Waals surface area contributed by atoms with Crippen LogP contribution in [0, 0.1) is 6.92 Å². The number of aromatic amines is 1. The number of carbonyl (C=O) groups is 2. The molecule has 0 spiro atoms. The minimum atomic E-state index is -0.557. The highest BCUT2D eigenvalue weighted by Gasteiger charge is 2.34. The monoisotopic (exact) mass is 419 g/mol. The van der Waals surface area contributed by atoms with Crippen LogP contribution in [0.3, 0.4) is 0 Å². The van der Waals surface area contributed by atoms with Crippen LogP contribution in [-0.2, 0) is 20.7 Å². The van der Waals surface area contributed by atoms with Crippen molar-refractivity contribution in [2.24, 2.45) is 4.99 Å². The van der Waals surface area contributed by atoms with Gasteiger partial charge in [0.15, 0.2) is 5.17 Å². The van der Waals surface area contributed by atoms with Crippen molar-refractivity contribution in [3.63, 3.8) is 0 Å². The number of methoxy groups -OCH3 is 1. The van der Waals surface area contributed by atoms with Gasteiger partial charge >= 0.3 is 5.97 Å². The molecule has 1 aromatic heterocycles. The highest BCUT2D eigenvalue weighted by Crippen LogP contribution is 2.33. The first-order valence-electron chi connectivity index (χ1n) is 9.55. The van der Waals surface area contributed by atoms with Gasteiger partial charge < -0.3 is 9.72 Å². The summed E-state index contributed by atoms with van der Waals surface area (Å²) >= 11 is 1.19. The lowest BCUT2D eigenvalue weighted by atomic mass is 10.1. The average Bonchev–Trinajstić information content (AvgIpc) is 3.27. The Morgan fingerprint density at radius 3 is 2.80 bits per heavy atom. The Morgan fingerprint density at radius 1 is 1.23 bits per heavy atom. The van der Waals surface area contributed by atoms with Crippen LogP contribution in [0.15, 0.2) is 70.7 Å². The zero-order valence-corrected chi connectivity index (χ0v) is 17.5. The molecule has 1 aliphatic rings. The quantitative estimate of drug-likeness (QED) is 0.493. The fourth-order valence-corrected chi connectivity index (χ4v) is 4.28. The van der Waals surface area contributed by atoms with E-state index in [-0.39, 0.29) is 5.91 Å². The van der Waals surface area contributed by atoms with Gasteiger partial charge in [-0.05, 0) is 54.9 Å². The maximum Gasteiger partial charge on any atom is 0.331 e. The van der Waals surface area contributed by atoms with E-state index in [1.807, 2.05) is 36.5 Å². The van der Waals surface area contributed by atoms with Crippen LogP contribution in [0.5, 0.6) is 0 Å². The minimum Gasteiger partial charge on any atom is -0.466 e. The molecule has 0 atom stereocenters. The van der Waals surface area contributed by atoms with E-state index < -0.39 is 5.97 Å². The van der Waals surface area contributed by atoms with Crippen molar-refractivity contribution in [1.29, 1.82) is 0 Å². The summed E-state index contributed by atoms with van der Waals surface area (Å²) in [5.41, 5.74) is 4.14. The molecular formula is C23H21N3O3S. The van der Waals surface area contributed by atoms with E-state index in [4.69, 9.17) is 0 Å². The Morgan fingerprint density at radius 2 is 2.03 bits per heavy atom. The third kappa shape index (κ3) is 4.16. The molecule has 4 rings (SSSR count). The van der Waals surface area contributed by atoms with E-state index in [1.54, 1.807) is 4.90 Å². The molecule has 3 aromatic rings. The zero-order valence-electron chi connectivity index (χ0n) is 16.7. The number of ether oxygens (including phenoxy) is 1. The van der Waals surface area contributed by atoms with E-state index in [0.29, 0.717) is 23.0 Å². The Hall–Kier alpha value is -3.32. The molecule has 1 amide bonds. The lowest BCUT2D eigenvalue weighted by Crippen LogP contribution is -2.31. The number of nitrogens with one attached hydrogen (secondary N) is 1. The van der Waals surface area contributed by atoms with E-state index in [9.17, 15) is 9.59 Å². The number of hydrogen-bond donors (Lipinski definition) is 1. The van der Waals surface area contributed by atoms with Crippen molar-refractivity contribution >= 4 is 45.4 Å². The van der Waals surface area contributed by atoms with E-state index in [2.05, 4.69) is 39.8 Å². The van der Waals surface area contributed by atoms with E-state index in [1.165, 1.54) is 30.5 Å². The predicted molar refractivity (Wildman–Crippen MR) is 120 cm³/mol. The van der Waals surface area contributed by atoms with Crippen molar-refractivity contribution in [3.8, 4) is 0 Å². The number of benzene rings is 2. The van der Waals surface area contributed by atoms with Gasteiger partial charge in [0.05, 0.1) is 17.7 Å². The number of carbonyl (C=O) groups excluding carboxylic acids is 2. The van der Waals surface area contributed by atoms with Crippen LogP contribution in [0.2, 0.25) is 0 Å². The number of hydrogen-bond acceptors (Lipinski definition) is 5. The molecule has 1 N–H and O–H groups in total. The summed E-state index contributed by atoms with van der Waals surface area (Å²) in [4.78, 5) is 34.5. The zero-order chi connectivity index (χ0) is 21.1. The number of aromatic nitrogens is 1. The van der Waals surface area contributed by atoms with Gasteiger partial charge in [0.25, 0.3) is 5.91 Å². The van der Waals surface area contributed by atoms with Gasteiger partial charge in [0.2, 0.25) is 0 Å². The van der Waals surface area contributed by atoms with Crippen LogP contribution in [-0.4, -0.2) is 40.6 Å². The van der Waals surface area contributed by atoms with Crippen LogP contribution in [0.25, 0.3) is 10.9 Å². The standard InChI is InChI=1S/C23H21N3O3S/c1-15-8-9-19-18(12-15)16(14-24-19)10-11-26-22(28)20(13-21(27)29-2)30-23(26)25-17-6-4-3-5-7-17/h3-9,12-14,24H,10-11H2,1-2H3. The molecule has 1 fully saturated rings. The molecule has 2 aromatic carbocycles. The summed E-state index contributed by atoms with van der Waals surface area (Å²) in [6.45, 7) is 2.52. The first-order chi connectivity index (χ1) is 14.5. The number of esters is 1. The maximum atomic E-state index is 13.0. The van der Waals surface area contributed by atoms with Gasteiger partial charge in [0, 0.05) is 29.7 Å². The van der Waals surface area contributed by atoms with Gasteiger partial charge in [-0.3, -0.25) is 9.69 Å². The number of thioether (sulfide) groups is 1. The molecule has 1 aliphatic heterocycles. The number of rotatable bonds is 5. The molecule has 30 heavy (non-hydrogen) atoms. The Kier molecular flexibility index (Phi) is 5.72. The molecule has 0 aliphatic carbocycles. The molecule has 152 valence electrons. The summed E-state index contributed by atoms with van der Waals surface area (Å²) in [6.07, 6.45) is 3.87. The second-order valence-corrected chi connectivity index (χ2v) is 7.94.